The molecule has 0 aliphatic carbocycles. The molecule has 0 bridgehead atoms. The van der Waals surface area contributed by atoms with Crippen molar-refractivity contribution in [3.05, 3.63) is 0 Å². The van der Waals surface area contributed by atoms with Gasteiger partial charge in [0.05, 0.1) is 13.2 Å². The number of ether oxygens (including phenoxy) is 1. The van der Waals surface area contributed by atoms with Gasteiger partial charge in [-0.2, -0.15) is 15.0 Å². The highest BCUT2D eigenvalue weighted by Gasteiger charge is 2.24. The Hall–Kier alpha value is -1.63. The highest BCUT2D eigenvalue weighted by atomic mass is 16.5. The Balaban J connectivity index is 2.08. The fraction of sp³-hybridized carbons (Fsp3) is 0.786. The Morgan fingerprint density at radius 3 is 2.62 bits per heavy atom. The lowest BCUT2D eigenvalue weighted by Gasteiger charge is -2.33. The van der Waals surface area contributed by atoms with E-state index < -0.39 is 0 Å². The number of nitrogens with zero attached hydrogens (tertiary/aromatic N) is 4. The second-order valence-corrected chi connectivity index (χ2v) is 5.44. The molecule has 7 nitrogen and oxygen atoms in total. The molecule has 1 fully saturated rings. The lowest BCUT2D eigenvalue weighted by Crippen LogP contribution is -2.38. The van der Waals surface area contributed by atoms with Crippen LogP contribution in [-0.2, 0) is 0 Å². The zero-order valence-electron chi connectivity index (χ0n) is 13.0. The van der Waals surface area contributed by atoms with Crippen LogP contribution in [0.4, 0.5) is 11.9 Å². The normalized spacial score (nSPS) is 17.6. The number of hydrogen-bond donors (Lipinski definition) is 2. The smallest absolute Gasteiger partial charge is 0.322 e. The van der Waals surface area contributed by atoms with Crippen LogP contribution >= 0.6 is 0 Å². The van der Waals surface area contributed by atoms with E-state index in [-0.39, 0.29) is 6.10 Å². The Morgan fingerprint density at radius 2 is 2.05 bits per heavy atom. The molecular formula is C14H25N5O2. The van der Waals surface area contributed by atoms with E-state index in [0.29, 0.717) is 23.8 Å². The average molecular weight is 295 g/mol. The molecule has 2 heterocycles. The van der Waals surface area contributed by atoms with Crippen LogP contribution in [0, 0.1) is 5.92 Å². The number of anilines is 2. The molecule has 1 unspecified atom stereocenters. The van der Waals surface area contributed by atoms with Crippen LogP contribution in [0.1, 0.15) is 33.1 Å². The van der Waals surface area contributed by atoms with Crippen molar-refractivity contribution in [2.75, 3.05) is 37.0 Å². The van der Waals surface area contributed by atoms with Gasteiger partial charge in [-0.1, -0.05) is 6.92 Å². The third-order valence-electron chi connectivity index (χ3n) is 3.82. The Morgan fingerprint density at radius 1 is 1.33 bits per heavy atom. The molecule has 1 aliphatic rings. The zero-order chi connectivity index (χ0) is 15.2. The number of aromatic nitrogens is 3. The summed E-state index contributed by atoms with van der Waals surface area (Å²) in [6.45, 7) is 6.45. The Labute approximate surface area is 125 Å². The summed E-state index contributed by atoms with van der Waals surface area (Å²) in [5.74, 6) is 1.56. The van der Waals surface area contributed by atoms with Crippen molar-refractivity contribution in [3.63, 3.8) is 0 Å². The molecule has 0 amide bonds. The topological polar surface area (TPSA) is 83.4 Å². The molecule has 0 radical (unpaired) electrons. The molecule has 0 saturated carbocycles. The monoisotopic (exact) mass is 295 g/mol. The Bertz CT molecular complexity index is 447. The summed E-state index contributed by atoms with van der Waals surface area (Å²) in [6.07, 6.45) is 2.65. The van der Waals surface area contributed by atoms with E-state index >= 15 is 0 Å². The van der Waals surface area contributed by atoms with Crippen LogP contribution in [0.15, 0.2) is 0 Å². The van der Waals surface area contributed by atoms with E-state index in [0.717, 1.165) is 38.9 Å². The molecule has 1 aliphatic heterocycles. The molecule has 118 valence electrons. The zero-order valence-corrected chi connectivity index (χ0v) is 13.0. The van der Waals surface area contributed by atoms with Crippen LogP contribution in [0.2, 0.25) is 0 Å². The number of methoxy groups -OCH3 is 1. The van der Waals surface area contributed by atoms with Crippen LogP contribution in [0.5, 0.6) is 6.01 Å². The standard InChI is InChI=1S/C14H25N5O2/c1-4-7-15-12-16-13(18-14(17-12)21-3)19-8-5-11(6-9-19)10(2)20/h10-11,20H,4-9H2,1-3H3,(H,15,16,17,18). The first-order valence-corrected chi connectivity index (χ1v) is 7.61. The third kappa shape index (κ3) is 4.17. The lowest BCUT2D eigenvalue weighted by molar-refractivity contribution is 0.109. The van der Waals surface area contributed by atoms with Gasteiger partial charge in [0, 0.05) is 19.6 Å². The van der Waals surface area contributed by atoms with Crippen LogP contribution in [0.25, 0.3) is 0 Å². The van der Waals surface area contributed by atoms with E-state index in [2.05, 4.69) is 32.1 Å². The second kappa shape index (κ2) is 7.40. The summed E-state index contributed by atoms with van der Waals surface area (Å²) >= 11 is 0. The maximum Gasteiger partial charge on any atom is 0.322 e. The predicted octanol–water partition coefficient (Wildman–Crippen LogP) is 1.30. The minimum Gasteiger partial charge on any atom is -0.467 e. The van der Waals surface area contributed by atoms with Gasteiger partial charge >= 0.3 is 6.01 Å². The molecule has 1 aromatic rings. The number of hydrogen-bond acceptors (Lipinski definition) is 7. The fourth-order valence-corrected chi connectivity index (χ4v) is 2.48. The third-order valence-corrected chi connectivity index (χ3v) is 3.82. The minimum absolute atomic E-state index is 0.248. The Kier molecular flexibility index (Phi) is 5.55. The predicted molar refractivity (Wildman–Crippen MR) is 81.8 cm³/mol. The molecule has 1 aromatic heterocycles. The molecule has 1 atom stereocenters. The van der Waals surface area contributed by atoms with Crippen molar-refractivity contribution in [1.82, 2.24) is 15.0 Å². The summed E-state index contributed by atoms with van der Waals surface area (Å²) in [5.41, 5.74) is 0. The van der Waals surface area contributed by atoms with E-state index in [9.17, 15) is 5.11 Å². The van der Waals surface area contributed by atoms with Crippen molar-refractivity contribution in [2.45, 2.75) is 39.2 Å². The lowest BCUT2D eigenvalue weighted by atomic mass is 9.92. The van der Waals surface area contributed by atoms with E-state index in [1.165, 1.54) is 0 Å². The molecule has 7 heteroatoms. The first-order valence-electron chi connectivity index (χ1n) is 7.61. The van der Waals surface area contributed by atoms with Crippen LogP contribution < -0.4 is 15.0 Å². The van der Waals surface area contributed by atoms with Crippen molar-refractivity contribution in [2.24, 2.45) is 5.92 Å². The minimum atomic E-state index is -0.248. The van der Waals surface area contributed by atoms with Crippen molar-refractivity contribution < 1.29 is 9.84 Å². The van der Waals surface area contributed by atoms with Gasteiger partial charge in [-0.25, -0.2) is 0 Å². The van der Waals surface area contributed by atoms with Crippen molar-refractivity contribution in [1.29, 1.82) is 0 Å². The molecule has 0 spiro atoms. The van der Waals surface area contributed by atoms with Crippen molar-refractivity contribution in [3.8, 4) is 6.01 Å². The van der Waals surface area contributed by atoms with E-state index in [4.69, 9.17) is 4.74 Å². The summed E-state index contributed by atoms with van der Waals surface area (Å²) < 4.78 is 5.16. The fourth-order valence-electron chi connectivity index (χ4n) is 2.48. The summed E-state index contributed by atoms with van der Waals surface area (Å²) in [4.78, 5) is 15.1. The first kappa shape index (κ1) is 15.8. The van der Waals surface area contributed by atoms with Crippen LogP contribution in [-0.4, -0.2) is 52.9 Å². The molecule has 2 rings (SSSR count). The maximum atomic E-state index is 9.67. The summed E-state index contributed by atoms with van der Waals surface area (Å²) in [6, 6.07) is 0.330. The quantitative estimate of drug-likeness (QED) is 0.818. The summed E-state index contributed by atoms with van der Waals surface area (Å²) in [7, 11) is 1.56. The number of rotatable bonds is 6. The largest absolute Gasteiger partial charge is 0.467 e. The first-order chi connectivity index (χ1) is 10.1. The van der Waals surface area contributed by atoms with Crippen LogP contribution in [0.3, 0.4) is 0 Å². The maximum absolute atomic E-state index is 9.67. The van der Waals surface area contributed by atoms with Gasteiger partial charge in [-0.05, 0) is 32.1 Å². The number of nitrogens with one attached hydrogen (secondary N) is 1. The molecule has 21 heavy (non-hydrogen) atoms. The second-order valence-electron chi connectivity index (χ2n) is 5.44. The van der Waals surface area contributed by atoms with E-state index in [1.54, 1.807) is 7.11 Å². The van der Waals surface area contributed by atoms with Gasteiger partial charge in [-0.3, -0.25) is 0 Å². The highest BCUT2D eigenvalue weighted by Crippen LogP contribution is 2.24. The van der Waals surface area contributed by atoms with Gasteiger partial charge in [-0.15, -0.1) is 0 Å². The number of aliphatic hydroxyl groups is 1. The molecule has 0 aromatic carbocycles. The van der Waals surface area contributed by atoms with E-state index in [1.807, 2.05) is 6.92 Å². The molecular weight excluding hydrogens is 270 g/mol. The average Bonchev–Trinajstić information content (AvgIpc) is 2.52. The van der Waals surface area contributed by atoms with Gasteiger partial charge in [0.25, 0.3) is 0 Å². The van der Waals surface area contributed by atoms with Gasteiger partial charge in [0.15, 0.2) is 0 Å². The molecule has 2 N–H and O–H groups in total. The number of aliphatic hydroxyl groups excluding tert-OH is 1. The van der Waals surface area contributed by atoms with Crippen molar-refractivity contribution >= 4 is 11.9 Å². The summed E-state index contributed by atoms with van der Waals surface area (Å²) in [5, 5.41) is 12.8. The van der Waals surface area contributed by atoms with Gasteiger partial charge in [0.2, 0.25) is 11.9 Å². The van der Waals surface area contributed by atoms with Gasteiger partial charge < -0.3 is 20.1 Å². The van der Waals surface area contributed by atoms with Gasteiger partial charge in [0.1, 0.15) is 0 Å². The molecule has 1 saturated heterocycles. The number of piperidine rings is 1. The highest BCUT2D eigenvalue weighted by molar-refractivity contribution is 5.38. The SMILES string of the molecule is CCCNc1nc(OC)nc(N2CCC(C(C)O)CC2)n1.